The first-order valence-corrected chi connectivity index (χ1v) is 4.20. The molecule has 0 saturated heterocycles. The van der Waals surface area contributed by atoms with Gasteiger partial charge in [0.15, 0.2) is 0 Å². The molecule has 15 heavy (non-hydrogen) atoms. The van der Waals surface area contributed by atoms with Crippen molar-refractivity contribution >= 4 is 11.9 Å². The molecule has 0 heterocycles. The molecule has 0 spiro atoms. The van der Waals surface area contributed by atoms with Gasteiger partial charge in [-0.3, -0.25) is 9.59 Å². The van der Waals surface area contributed by atoms with E-state index in [4.69, 9.17) is 10.2 Å². The van der Waals surface area contributed by atoms with Gasteiger partial charge in [0, 0.05) is 0 Å². The number of halogens is 1. The fourth-order valence-corrected chi connectivity index (χ4v) is 1.21. The van der Waals surface area contributed by atoms with Crippen LogP contribution in [0, 0.1) is 5.82 Å². The van der Waals surface area contributed by atoms with Gasteiger partial charge in [0.25, 0.3) is 0 Å². The van der Waals surface area contributed by atoms with Crippen molar-refractivity contribution in [3.05, 3.63) is 35.1 Å². The summed E-state index contributed by atoms with van der Waals surface area (Å²) in [6.07, 6.45) is -0.688. The molecule has 0 unspecified atom stereocenters. The van der Waals surface area contributed by atoms with Crippen molar-refractivity contribution in [3.8, 4) is 0 Å². The van der Waals surface area contributed by atoms with Crippen LogP contribution >= 0.6 is 0 Å². The fraction of sp³-hybridized carbons (Fsp3) is 0.200. The predicted octanol–water partition coefficient (Wildman–Crippen LogP) is 1.08. The number of carbonyl (C=O) groups is 2. The first kappa shape index (κ1) is 11.2. The Morgan fingerprint density at radius 3 is 2.27 bits per heavy atom. The van der Waals surface area contributed by atoms with Crippen LogP contribution in [0.5, 0.6) is 0 Å². The van der Waals surface area contributed by atoms with Crippen LogP contribution in [-0.2, 0) is 22.4 Å². The van der Waals surface area contributed by atoms with E-state index in [9.17, 15) is 14.0 Å². The molecule has 0 bridgehead atoms. The number of carboxylic acids is 2. The Hall–Kier alpha value is -1.91. The molecule has 80 valence electrons. The second kappa shape index (κ2) is 4.54. The lowest BCUT2D eigenvalue weighted by Gasteiger charge is -2.02. The topological polar surface area (TPSA) is 74.6 Å². The maximum Gasteiger partial charge on any atom is 0.307 e. The largest absolute Gasteiger partial charge is 0.481 e. The Morgan fingerprint density at radius 1 is 1.13 bits per heavy atom. The molecule has 0 aliphatic rings. The van der Waals surface area contributed by atoms with Crippen molar-refractivity contribution in [1.29, 1.82) is 0 Å². The van der Waals surface area contributed by atoms with Crippen LogP contribution in [0.1, 0.15) is 11.1 Å². The van der Waals surface area contributed by atoms with Gasteiger partial charge in [-0.15, -0.1) is 0 Å². The van der Waals surface area contributed by atoms with E-state index in [-0.39, 0.29) is 12.0 Å². The maximum absolute atomic E-state index is 13.1. The van der Waals surface area contributed by atoms with Crippen molar-refractivity contribution in [3.63, 3.8) is 0 Å². The summed E-state index contributed by atoms with van der Waals surface area (Å²) in [5.41, 5.74) is 0.390. The summed E-state index contributed by atoms with van der Waals surface area (Å²) >= 11 is 0. The molecule has 0 aromatic heterocycles. The van der Waals surface area contributed by atoms with Gasteiger partial charge in [0.1, 0.15) is 5.82 Å². The minimum absolute atomic E-state index is 0.00116. The van der Waals surface area contributed by atoms with Crippen LogP contribution in [0.25, 0.3) is 0 Å². The second-order valence-electron chi connectivity index (χ2n) is 3.07. The molecule has 0 atom stereocenters. The minimum Gasteiger partial charge on any atom is -0.481 e. The van der Waals surface area contributed by atoms with E-state index in [2.05, 4.69) is 0 Å². The van der Waals surface area contributed by atoms with Crippen LogP contribution in [0.2, 0.25) is 0 Å². The van der Waals surface area contributed by atoms with E-state index in [0.717, 1.165) is 6.07 Å². The Balaban J connectivity index is 2.94. The molecule has 4 nitrogen and oxygen atoms in total. The molecule has 0 saturated carbocycles. The van der Waals surface area contributed by atoms with Crippen LogP contribution in [-0.4, -0.2) is 22.2 Å². The average molecular weight is 212 g/mol. The van der Waals surface area contributed by atoms with Gasteiger partial charge < -0.3 is 10.2 Å². The number of rotatable bonds is 4. The highest BCUT2D eigenvalue weighted by molar-refractivity contribution is 5.72. The summed E-state index contributed by atoms with van der Waals surface area (Å²) in [4.78, 5) is 20.7. The summed E-state index contributed by atoms with van der Waals surface area (Å²) < 4.78 is 13.1. The summed E-state index contributed by atoms with van der Waals surface area (Å²) in [6.45, 7) is 0. The Kier molecular flexibility index (Phi) is 3.38. The molecule has 0 radical (unpaired) electrons. The summed E-state index contributed by atoms with van der Waals surface area (Å²) in [5, 5.41) is 17.0. The van der Waals surface area contributed by atoms with Crippen LogP contribution in [0.3, 0.4) is 0 Å². The minimum atomic E-state index is -1.15. The molecular weight excluding hydrogens is 203 g/mol. The Morgan fingerprint density at radius 2 is 1.73 bits per heavy atom. The van der Waals surface area contributed by atoms with Crippen molar-refractivity contribution in [2.45, 2.75) is 12.8 Å². The third-order valence-electron chi connectivity index (χ3n) is 1.81. The first-order chi connectivity index (χ1) is 6.99. The lowest BCUT2D eigenvalue weighted by Crippen LogP contribution is -2.05. The third-order valence-corrected chi connectivity index (χ3v) is 1.81. The zero-order chi connectivity index (χ0) is 11.4. The Labute approximate surface area is 85.0 Å². The highest BCUT2D eigenvalue weighted by atomic mass is 19.1. The van der Waals surface area contributed by atoms with Crippen molar-refractivity contribution in [1.82, 2.24) is 0 Å². The standard InChI is InChI=1S/C10H9FO4/c11-8-2-1-6(4-9(12)13)3-7(8)5-10(14)15/h1-3H,4-5H2,(H,12,13)(H,14,15). The van der Waals surface area contributed by atoms with E-state index in [1.54, 1.807) is 0 Å². The second-order valence-corrected chi connectivity index (χ2v) is 3.07. The molecular formula is C10H9FO4. The smallest absolute Gasteiger partial charge is 0.307 e. The third kappa shape index (κ3) is 3.38. The van der Waals surface area contributed by atoms with Crippen LogP contribution in [0.4, 0.5) is 4.39 Å². The highest BCUT2D eigenvalue weighted by Crippen LogP contribution is 2.12. The van der Waals surface area contributed by atoms with Crippen LogP contribution in [0.15, 0.2) is 18.2 Å². The number of carboxylic acid groups (broad SMARTS) is 2. The van der Waals surface area contributed by atoms with Gasteiger partial charge in [-0.05, 0) is 17.2 Å². The van der Waals surface area contributed by atoms with Gasteiger partial charge in [0.05, 0.1) is 12.8 Å². The monoisotopic (exact) mass is 212 g/mol. The van der Waals surface area contributed by atoms with Crippen molar-refractivity contribution in [2.24, 2.45) is 0 Å². The van der Waals surface area contributed by atoms with E-state index >= 15 is 0 Å². The van der Waals surface area contributed by atoms with Gasteiger partial charge in [0.2, 0.25) is 0 Å². The molecule has 5 heteroatoms. The average Bonchev–Trinajstić information content (AvgIpc) is 2.09. The zero-order valence-corrected chi connectivity index (χ0v) is 7.74. The lowest BCUT2D eigenvalue weighted by molar-refractivity contribution is -0.137. The van der Waals surface area contributed by atoms with Crippen LogP contribution < -0.4 is 0 Å². The quantitative estimate of drug-likeness (QED) is 0.783. The molecule has 0 aliphatic heterocycles. The summed E-state index contributed by atoms with van der Waals surface area (Å²) in [6, 6.07) is 3.67. The van der Waals surface area contributed by atoms with Crippen molar-refractivity contribution < 1.29 is 24.2 Å². The van der Waals surface area contributed by atoms with Gasteiger partial charge in [-0.25, -0.2) is 4.39 Å². The number of hydrogen-bond donors (Lipinski definition) is 2. The lowest BCUT2D eigenvalue weighted by atomic mass is 10.1. The number of hydrogen-bond acceptors (Lipinski definition) is 2. The predicted molar refractivity (Wildman–Crippen MR) is 49.1 cm³/mol. The number of aliphatic carboxylic acids is 2. The highest BCUT2D eigenvalue weighted by Gasteiger charge is 2.09. The number of benzene rings is 1. The SMILES string of the molecule is O=C(O)Cc1ccc(F)c(CC(=O)O)c1. The van der Waals surface area contributed by atoms with Gasteiger partial charge in [-0.2, -0.15) is 0 Å². The Bertz CT molecular complexity index is 400. The first-order valence-electron chi connectivity index (χ1n) is 4.20. The van der Waals surface area contributed by atoms with Gasteiger partial charge >= 0.3 is 11.9 Å². The zero-order valence-electron chi connectivity index (χ0n) is 7.74. The molecule has 0 fully saturated rings. The van der Waals surface area contributed by atoms with E-state index in [1.807, 2.05) is 0 Å². The summed E-state index contributed by atoms with van der Waals surface area (Å²) in [5.74, 6) is -2.82. The molecule has 1 aromatic carbocycles. The van der Waals surface area contributed by atoms with Crippen molar-refractivity contribution in [2.75, 3.05) is 0 Å². The van der Waals surface area contributed by atoms with Gasteiger partial charge in [-0.1, -0.05) is 12.1 Å². The molecule has 1 rings (SSSR count). The fourth-order valence-electron chi connectivity index (χ4n) is 1.21. The molecule has 0 aliphatic carbocycles. The molecule has 0 amide bonds. The molecule has 1 aromatic rings. The van der Waals surface area contributed by atoms with E-state index in [1.165, 1.54) is 12.1 Å². The normalized spacial score (nSPS) is 9.93. The summed E-state index contributed by atoms with van der Waals surface area (Å²) in [7, 11) is 0. The maximum atomic E-state index is 13.1. The van der Waals surface area contributed by atoms with E-state index < -0.39 is 24.2 Å². The van der Waals surface area contributed by atoms with E-state index in [0.29, 0.717) is 5.56 Å². The molecule has 2 N–H and O–H groups in total.